The molecule has 0 unspecified atom stereocenters. The van der Waals surface area contributed by atoms with Crippen LogP contribution in [0.4, 0.5) is 4.39 Å². The van der Waals surface area contributed by atoms with Gasteiger partial charge in [-0.15, -0.1) is 0 Å². The van der Waals surface area contributed by atoms with Gasteiger partial charge in [-0.05, 0) is 66.9 Å². The van der Waals surface area contributed by atoms with E-state index in [9.17, 15) is 12.8 Å². The van der Waals surface area contributed by atoms with Gasteiger partial charge in [0.15, 0.2) is 5.65 Å². The molecule has 1 saturated heterocycles. The van der Waals surface area contributed by atoms with Crippen molar-refractivity contribution in [2.45, 2.75) is 31.7 Å². The van der Waals surface area contributed by atoms with Crippen LogP contribution in [0.3, 0.4) is 0 Å². The second-order valence-electron chi connectivity index (χ2n) is 8.82. The second kappa shape index (κ2) is 9.49. The SMILES string of the molecule is CCc1ccc(-n2c(CN3CCN(S(=O)(=O)c4ccc(F)c(C)c4)CC3)nc3cccnc32)cc1. The second-order valence-corrected chi connectivity index (χ2v) is 10.8. The smallest absolute Gasteiger partial charge is 0.243 e. The molecule has 0 amide bonds. The Morgan fingerprint density at radius 1 is 1.00 bits per heavy atom. The molecule has 2 aromatic carbocycles. The molecule has 35 heavy (non-hydrogen) atoms. The highest BCUT2D eigenvalue weighted by Gasteiger charge is 2.29. The van der Waals surface area contributed by atoms with Crippen molar-refractivity contribution in [2.24, 2.45) is 0 Å². The highest BCUT2D eigenvalue weighted by molar-refractivity contribution is 7.89. The number of hydrogen-bond acceptors (Lipinski definition) is 5. The maximum Gasteiger partial charge on any atom is 0.243 e. The minimum absolute atomic E-state index is 0.133. The maximum atomic E-state index is 13.6. The number of pyridine rings is 1. The van der Waals surface area contributed by atoms with Crippen molar-refractivity contribution in [2.75, 3.05) is 26.2 Å². The van der Waals surface area contributed by atoms with Gasteiger partial charge in [0.1, 0.15) is 17.2 Å². The average molecular weight is 494 g/mol. The zero-order valence-electron chi connectivity index (χ0n) is 19.9. The molecule has 0 spiro atoms. The Balaban J connectivity index is 1.36. The Morgan fingerprint density at radius 3 is 2.43 bits per heavy atom. The Morgan fingerprint density at radius 2 is 1.74 bits per heavy atom. The minimum Gasteiger partial charge on any atom is -0.293 e. The van der Waals surface area contributed by atoms with E-state index in [4.69, 9.17) is 4.98 Å². The van der Waals surface area contributed by atoms with Crippen LogP contribution in [0, 0.1) is 12.7 Å². The van der Waals surface area contributed by atoms with Crippen LogP contribution in [-0.2, 0) is 23.0 Å². The van der Waals surface area contributed by atoms with Gasteiger partial charge in [-0.25, -0.2) is 22.8 Å². The van der Waals surface area contributed by atoms with Crippen LogP contribution in [0.25, 0.3) is 16.9 Å². The molecule has 9 heteroatoms. The number of aromatic nitrogens is 3. The summed E-state index contributed by atoms with van der Waals surface area (Å²) in [6.07, 6.45) is 2.74. The first-order valence-corrected chi connectivity index (χ1v) is 13.2. The van der Waals surface area contributed by atoms with Gasteiger partial charge in [-0.1, -0.05) is 19.1 Å². The van der Waals surface area contributed by atoms with Crippen molar-refractivity contribution in [3.63, 3.8) is 0 Å². The largest absolute Gasteiger partial charge is 0.293 e. The Kier molecular flexibility index (Phi) is 6.39. The van der Waals surface area contributed by atoms with Crippen LogP contribution in [-0.4, -0.2) is 58.3 Å². The topological polar surface area (TPSA) is 71.3 Å². The van der Waals surface area contributed by atoms with Crippen LogP contribution < -0.4 is 0 Å². The molecule has 182 valence electrons. The number of nitrogens with zero attached hydrogens (tertiary/aromatic N) is 5. The van der Waals surface area contributed by atoms with Crippen molar-refractivity contribution in [1.82, 2.24) is 23.7 Å². The highest BCUT2D eigenvalue weighted by atomic mass is 32.2. The van der Waals surface area contributed by atoms with E-state index >= 15 is 0 Å². The van der Waals surface area contributed by atoms with E-state index < -0.39 is 15.8 Å². The molecule has 5 rings (SSSR count). The van der Waals surface area contributed by atoms with Crippen molar-refractivity contribution in [1.29, 1.82) is 0 Å². The Labute approximate surface area is 204 Å². The van der Waals surface area contributed by atoms with Gasteiger partial charge in [0.25, 0.3) is 0 Å². The number of piperazine rings is 1. The number of halogens is 1. The monoisotopic (exact) mass is 493 g/mol. The molecule has 0 saturated carbocycles. The molecule has 0 atom stereocenters. The summed E-state index contributed by atoms with van der Waals surface area (Å²) in [4.78, 5) is 11.8. The fourth-order valence-corrected chi connectivity index (χ4v) is 5.98. The molecule has 1 fully saturated rings. The summed E-state index contributed by atoms with van der Waals surface area (Å²) in [5.74, 6) is 0.462. The van der Waals surface area contributed by atoms with Gasteiger partial charge >= 0.3 is 0 Å². The van der Waals surface area contributed by atoms with E-state index in [1.54, 1.807) is 13.1 Å². The van der Waals surface area contributed by atoms with Gasteiger partial charge < -0.3 is 0 Å². The first kappa shape index (κ1) is 23.6. The number of aryl methyl sites for hydroxylation is 2. The van der Waals surface area contributed by atoms with Gasteiger partial charge in [0.2, 0.25) is 10.0 Å². The lowest BCUT2D eigenvalue weighted by molar-refractivity contribution is 0.177. The molecular weight excluding hydrogens is 465 g/mol. The molecule has 7 nitrogen and oxygen atoms in total. The maximum absolute atomic E-state index is 13.6. The fraction of sp³-hybridized carbons (Fsp3) is 0.308. The zero-order chi connectivity index (χ0) is 24.6. The summed E-state index contributed by atoms with van der Waals surface area (Å²) in [5, 5.41) is 0. The first-order valence-electron chi connectivity index (χ1n) is 11.8. The lowest BCUT2D eigenvalue weighted by atomic mass is 10.1. The van der Waals surface area contributed by atoms with Crippen molar-refractivity contribution in [3.05, 3.63) is 83.6 Å². The number of benzene rings is 2. The third kappa shape index (κ3) is 4.59. The third-order valence-electron chi connectivity index (χ3n) is 6.55. The van der Waals surface area contributed by atoms with E-state index in [1.165, 1.54) is 28.1 Å². The molecule has 0 aliphatic carbocycles. The quantitative estimate of drug-likeness (QED) is 0.407. The normalized spacial score (nSPS) is 15.6. The number of imidazole rings is 1. The molecule has 4 aromatic rings. The van der Waals surface area contributed by atoms with E-state index in [0.29, 0.717) is 38.3 Å². The lowest BCUT2D eigenvalue weighted by Crippen LogP contribution is -2.48. The standard InChI is InChI=1S/C26H28FN5O2S/c1-3-20-6-8-21(9-7-20)32-25(29-24-5-4-12-28-26(24)32)18-30-13-15-31(16-14-30)35(33,34)22-10-11-23(27)19(2)17-22/h4-12,17H,3,13-16,18H2,1-2H3. The predicted octanol–water partition coefficient (Wildman–Crippen LogP) is 3.94. The molecule has 0 radical (unpaired) electrons. The molecule has 0 N–H and O–H groups in total. The molecule has 0 bridgehead atoms. The van der Waals surface area contributed by atoms with Gasteiger partial charge in [-0.2, -0.15) is 4.31 Å². The Bertz CT molecular complexity index is 1460. The van der Waals surface area contributed by atoms with Crippen LogP contribution >= 0.6 is 0 Å². The summed E-state index contributed by atoms with van der Waals surface area (Å²) < 4.78 is 43.4. The minimum atomic E-state index is -3.67. The zero-order valence-corrected chi connectivity index (χ0v) is 20.7. The Hall–Kier alpha value is -3.14. The molecule has 1 aliphatic rings. The molecule has 3 heterocycles. The summed E-state index contributed by atoms with van der Waals surface area (Å²) in [5.41, 5.74) is 4.23. The highest BCUT2D eigenvalue weighted by Crippen LogP contribution is 2.24. The molecule has 1 aliphatic heterocycles. The first-order chi connectivity index (χ1) is 16.9. The van der Waals surface area contributed by atoms with Gasteiger partial charge in [0.05, 0.1) is 11.4 Å². The van der Waals surface area contributed by atoms with Crippen molar-refractivity contribution in [3.8, 4) is 5.69 Å². The molecule has 2 aromatic heterocycles. The fourth-order valence-electron chi connectivity index (χ4n) is 4.47. The van der Waals surface area contributed by atoms with Crippen LogP contribution in [0.1, 0.15) is 23.9 Å². The van der Waals surface area contributed by atoms with Gasteiger partial charge in [0, 0.05) is 38.1 Å². The summed E-state index contributed by atoms with van der Waals surface area (Å²) >= 11 is 0. The van der Waals surface area contributed by atoms with Crippen molar-refractivity contribution >= 4 is 21.2 Å². The molecular formula is C26H28FN5O2S. The number of sulfonamides is 1. The van der Waals surface area contributed by atoms with E-state index in [-0.39, 0.29) is 4.90 Å². The van der Waals surface area contributed by atoms with Crippen molar-refractivity contribution < 1.29 is 12.8 Å². The predicted molar refractivity (Wildman–Crippen MR) is 133 cm³/mol. The summed E-state index contributed by atoms with van der Waals surface area (Å²) in [7, 11) is -3.67. The van der Waals surface area contributed by atoms with E-state index in [0.717, 1.165) is 29.1 Å². The lowest BCUT2D eigenvalue weighted by Gasteiger charge is -2.33. The van der Waals surface area contributed by atoms with Crippen LogP contribution in [0.15, 0.2) is 65.7 Å². The average Bonchev–Trinajstić information content (AvgIpc) is 3.23. The summed E-state index contributed by atoms with van der Waals surface area (Å²) in [6.45, 7) is 6.16. The number of rotatable bonds is 6. The number of hydrogen-bond donors (Lipinski definition) is 0. The van der Waals surface area contributed by atoms with Gasteiger partial charge in [-0.3, -0.25) is 9.47 Å². The number of fused-ring (bicyclic) bond motifs is 1. The third-order valence-corrected chi connectivity index (χ3v) is 8.45. The van der Waals surface area contributed by atoms with Crippen LogP contribution in [0.2, 0.25) is 0 Å². The summed E-state index contributed by atoms with van der Waals surface area (Å²) in [6, 6.07) is 16.2. The van der Waals surface area contributed by atoms with E-state index in [2.05, 4.69) is 45.6 Å². The van der Waals surface area contributed by atoms with E-state index in [1.807, 2.05) is 12.1 Å². The van der Waals surface area contributed by atoms with Crippen LogP contribution in [0.5, 0.6) is 0 Å².